The lowest BCUT2D eigenvalue weighted by molar-refractivity contribution is -0.131. The smallest absolute Gasteiger partial charge is 0.254 e. The maximum atomic E-state index is 11.2. The van der Waals surface area contributed by atoms with E-state index in [2.05, 4.69) is 0 Å². The second-order valence-electron chi connectivity index (χ2n) is 2.90. The SMILES string of the molecule is CSC(=O)C(=O)CCc1ccccc1. The number of rotatable bonds is 4. The Morgan fingerprint density at radius 2 is 1.86 bits per heavy atom. The lowest BCUT2D eigenvalue weighted by Gasteiger charge is -1.98. The van der Waals surface area contributed by atoms with E-state index in [4.69, 9.17) is 0 Å². The number of aryl methyl sites for hydroxylation is 1. The van der Waals surface area contributed by atoms with Crippen LogP contribution in [-0.2, 0) is 16.0 Å². The third kappa shape index (κ3) is 3.34. The van der Waals surface area contributed by atoms with Crippen molar-refractivity contribution in [2.24, 2.45) is 0 Å². The number of Topliss-reactive ketones (excluding diaryl/α,β-unsaturated/α-hetero) is 1. The standard InChI is InChI=1S/C11H12O2S/c1-14-11(13)10(12)8-7-9-5-3-2-4-6-9/h2-6H,7-8H2,1H3. The van der Waals surface area contributed by atoms with E-state index >= 15 is 0 Å². The molecule has 3 heteroatoms. The zero-order valence-electron chi connectivity index (χ0n) is 8.03. The molecule has 1 rings (SSSR count). The summed E-state index contributed by atoms with van der Waals surface area (Å²) in [7, 11) is 0. The first-order valence-corrected chi connectivity index (χ1v) is 5.61. The number of carbonyl (C=O) groups excluding carboxylic acids is 2. The number of hydrogen-bond donors (Lipinski definition) is 0. The zero-order valence-corrected chi connectivity index (χ0v) is 8.84. The molecule has 74 valence electrons. The largest absolute Gasteiger partial charge is 0.290 e. The minimum Gasteiger partial charge on any atom is -0.290 e. The molecule has 0 fully saturated rings. The van der Waals surface area contributed by atoms with Gasteiger partial charge in [-0.15, -0.1) is 0 Å². The molecule has 2 nitrogen and oxygen atoms in total. The molecule has 0 radical (unpaired) electrons. The average Bonchev–Trinajstić information content (AvgIpc) is 2.26. The highest BCUT2D eigenvalue weighted by molar-refractivity contribution is 8.14. The summed E-state index contributed by atoms with van der Waals surface area (Å²) in [5.74, 6) is -0.290. The fraction of sp³-hybridized carbons (Fsp3) is 0.273. The molecular weight excluding hydrogens is 196 g/mol. The van der Waals surface area contributed by atoms with Crippen LogP contribution in [0.2, 0.25) is 0 Å². The highest BCUT2D eigenvalue weighted by atomic mass is 32.2. The van der Waals surface area contributed by atoms with Gasteiger partial charge in [-0.2, -0.15) is 0 Å². The summed E-state index contributed by atoms with van der Waals surface area (Å²) < 4.78 is 0. The molecule has 0 heterocycles. The maximum absolute atomic E-state index is 11.2. The van der Waals surface area contributed by atoms with Crippen LogP contribution in [0.3, 0.4) is 0 Å². The van der Waals surface area contributed by atoms with E-state index in [0.29, 0.717) is 12.8 Å². The second-order valence-corrected chi connectivity index (χ2v) is 3.68. The van der Waals surface area contributed by atoms with Gasteiger partial charge < -0.3 is 0 Å². The van der Waals surface area contributed by atoms with Crippen LogP contribution in [0.4, 0.5) is 0 Å². The highest BCUT2D eigenvalue weighted by Crippen LogP contribution is 2.05. The van der Waals surface area contributed by atoms with Crippen LogP contribution in [-0.4, -0.2) is 17.2 Å². The van der Waals surface area contributed by atoms with Gasteiger partial charge in [-0.3, -0.25) is 9.59 Å². The Labute approximate surface area is 87.7 Å². The molecule has 14 heavy (non-hydrogen) atoms. The minimum atomic E-state index is -0.346. The summed E-state index contributed by atoms with van der Waals surface area (Å²) in [6.07, 6.45) is 2.58. The van der Waals surface area contributed by atoms with Crippen molar-refractivity contribution in [2.75, 3.05) is 6.26 Å². The Morgan fingerprint density at radius 1 is 1.21 bits per heavy atom. The van der Waals surface area contributed by atoms with Gasteiger partial charge in [0.05, 0.1) is 0 Å². The van der Waals surface area contributed by atoms with Crippen LogP contribution in [0.25, 0.3) is 0 Å². The van der Waals surface area contributed by atoms with Crippen molar-refractivity contribution in [1.29, 1.82) is 0 Å². The van der Waals surface area contributed by atoms with Gasteiger partial charge in [0.25, 0.3) is 5.12 Å². The Morgan fingerprint density at radius 3 is 2.43 bits per heavy atom. The van der Waals surface area contributed by atoms with E-state index in [1.54, 1.807) is 6.26 Å². The van der Waals surface area contributed by atoms with Crippen LogP contribution < -0.4 is 0 Å². The van der Waals surface area contributed by atoms with Crippen LogP contribution in [0.5, 0.6) is 0 Å². The highest BCUT2D eigenvalue weighted by Gasteiger charge is 2.11. The van der Waals surface area contributed by atoms with Crippen molar-refractivity contribution < 1.29 is 9.59 Å². The number of benzene rings is 1. The molecule has 0 N–H and O–H groups in total. The normalized spacial score (nSPS) is 9.79. The summed E-state index contributed by atoms with van der Waals surface area (Å²) in [6.45, 7) is 0. The van der Waals surface area contributed by atoms with E-state index in [-0.39, 0.29) is 10.9 Å². The molecule has 0 amide bonds. The minimum absolute atomic E-state index is 0.290. The Hall–Kier alpha value is -1.09. The molecule has 0 atom stereocenters. The molecule has 0 unspecified atom stereocenters. The molecule has 0 aliphatic rings. The van der Waals surface area contributed by atoms with Crippen LogP contribution in [0.15, 0.2) is 30.3 Å². The molecule has 0 aliphatic carbocycles. The van der Waals surface area contributed by atoms with Crippen molar-refractivity contribution in [3.05, 3.63) is 35.9 Å². The molecule has 0 bridgehead atoms. The van der Waals surface area contributed by atoms with E-state index in [9.17, 15) is 9.59 Å². The lowest BCUT2D eigenvalue weighted by Crippen LogP contribution is -2.09. The first-order valence-electron chi connectivity index (χ1n) is 4.39. The lowest BCUT2D eigenvalue weighted by atomic mass is 10.1. The van der Waals surface area contributed by atoms with Crippen LogP contribution in [0, 0.1) is 0 Å². The molecule has 0 saturated carbocycles. The number of ketones is 1. The van der Waals surface area contributed by atoms with Gasteiger partial charge in [-0.25, -0.2) is 0 Å². The van der Waals surface area contributed by atoms with Gasteiger partial charge in [-0.1, -0.05) is 42.1 Å². The number of hydrogen-bond acceptors (Lipinski definition) is 3. The molecule has 0 aromatic heterocycles. The zero-order chi connectivity index (χ0) is 10.4. The predicted molar refractivity (Wildman–Crippen MR) is 58.3 cm³/mol. The van der Waals surface area contributed by atoms with Crippen LogP contribution in [0.1, 0.15) is 12.0 Å². The number of carbonyl (C=O) groups is 2. The Balaban J connectivity index is 2.42. The van der Waals surface area contributed by atoms with Gasteiger partial charge in [0.2, 0.25) is 5.78 Å². The second kappa shape index (κ2) is 5.60. The molecule has 1 aromatic carbocycles. The first kappa shape index (κ1) is 11.0. The van der Waals surface area contributed by atoms with E-state index in [0.717, 1.165) is 17.3 Å². The van der Waals surface area contributed by atoms with E-state index in [1.807, 2.05) is 30.3 Å². The Bertz CT molecular complexity index is 319. The fourth-order valence-corrected chi connectivity index (χ4v) is 1.45. The van der Waals surface area contributed by atoms with Gasteiger partial charge in [0.15, 0.2) is 0 Å². The summed E-state index contributed by atoms with van der Waals surface area (Å²) in [4.78, 5) is 22.1. The third-order valence-corrected chi connectivity index (χ3v) is 2.50. The van der Waals surface area contributed by atoms with Gasteiger partial charge >= 0.3 is 0 Å². The van der Waals surface area contributed by atoms with Crippen LogP contribution >= 0.6 is 11.8 Å². The van der Waals surface area contributed by atoms with Crippen molar-refractivity contribution >= 4 is 22.7 Å². The van der Waals surface area contributed by atoms with Crippen molar-refractivity contribution in [3.63, 3.8) is 0 Å². The van der Waals surface area contributed by atoms with E-state index in [1.165, 1.54) is 0 Å². The van der Waals surface area contributed by atoms with Gasteiger partial charge in [0, 0.05) is 6.42 Å². The Kier molecular flexibility index (Phi) is 4.40. The third-order valence-electron chi connectivity index (χ3n) is 1.90. The topological polar surface area (TPSA) is 34.1 Å². The predicted octanol–water partition coefficient (Wildman–Crippen LogP) is 2.08. The fourth-order valence-electron chi connectivity index (χ4n) is 1.12. The molecule has 0 aliphatic heterocycles. The molecule has 0 saturated heterocycles. The van der Waals surface area contributed by atoms with Crippen molar-refractivity contribution in [2.45, 2.75) is 12.8 Å². The average molecular weight is 208 g/mol. The van der Waals surface area contributed by atoms with E-state index < -0.39 is 0 Å². The summed E-state index contributed by atoms with van der Waals surface area (Å²) in [6, 6.07) is 9.69. The maximum Gasteiger partial charge on any atom is 0.254 e. The monoisotopic (exact) mass is 208 g/mol. The number of thioether (sulfide) groups is 1. The molecule has 0 spiro atoms. The molecule has 1 aromatic rings. The molecular formula is C11H12O2S. The summed E-state index contributed by atoms with van der Waals surface area (Å²) in [5.41, 5.74) is 1.09. The first-order chi connectivity index (χ1) is 6.74. The quantitative estimate of drug-likeness (QED) is 0.710. The van der Waals surface area contributed by atoms with Gasteiger partial charge in [0.1, 0.15) is 0 Å². The van der Waals surface area contributed by atoms with Gasteiger partial charge in [-0.05, 0) is 18.2 Å². The van der Waals surface area contributed by atoms with Crippen molar-refractivity contribution in [3.8, 4) is 0 Å². The van der Waals surface area contributed by atoms with Crippen molar-refractivity contribution in [1.82, 2.24) is 0 Å². The summed E-state index contributed by atoms with van der Waals surface area (Å²) >= 11 is 0.980. The summed E-state index contributed by atoms with van der Waals surface area (Å²) in [5, 5.41) is -0.346.